The van der Waals surface area contributed by atoms with Crippen LogP contribution in [0.15, 0.2) is 127 Å². The van der Waals surface area contributed by atoms with E-state index in [1.54, 1.807) is 4.57 Å². The highest BCUT2D eigenvalue weighted by atomic mass is 15.0. The number of nitrogens with zero attached hydrogens (tertiary/aromatic N) is 1. The second-order valence-corrected chi connectivity index (χ2v) is 9.58. The number of nitrogens with one attached hydrogen (secondary N) is 1. The summed E-state index contributed by atoms with van der Waals surface area (Å²) in [4.78, 5) is 3.49. The first kappa shape index (κ1) is 13.5. The highest BCUT2D eigenvalue weighted by Gasteiger charge is 2.17. The number of fused-ring (bicyclic) bond motifs is 11. The summed E-state index contributed by atoms with van der Waals surface area (Å²) in [5.41, 5.74) is 3.26. The molecule has 0 unspecified atom stereocenters. The van der Waals surface area contributed by atoms with E-state index in [4.69, 9.17) is 9.60 Å². The molecule has 2 heterocycles. The summed E-state index contributed by atoms with van der Waals surface area (Å²) in [6.45, 7) is 0. The zero-order valence-corrected chi connectivity index (χ0v) is 19.9. The molecule has 0 atom stereocenters. The Morgan fingerprint density at radius 1 is 0.526 bits per heavy atom. The van der Waals surface area contributed by atoms with Gasteiger partial charge < -0.3 is 9.55 Å². The van der Waals surface area contributed by atoms with Crippen LogP contribution in [0.4, 0.5) is 0 Å². The molecule has 38 heavy (non-hydrogen) atoms. The number of hydrogen-bond acceptors (Lipinski definition) is 0. The average Bonchev–Trinajstić information content (AvgIpc) is 3.60. The minimum atomic E-state index is -0.540. The summed E-state index contributed by atoms with van der Waals surface area (Å²) in [5, 5.41) is 5.36. The molecule has 7 aromatic carbocycles. The molecule has 0 amide bonds. The SMILES string of the molecule is [2H]c1c([2H])c([2H])c2c(c1[2H])c([2H])c([2H])c1c([2H])c([2H])c(-n3c4cc5[nH]c6ccccc6c5cc4c4c5ccccc5ccc43)c([2H])c12. The van der Waals surface area contributed by atoms with Gasteiger partial charge in [0.2, 0.25) is 0 Å². The molecule has 0 spiro atoms. The molecular formula is C36H22N2. The van der Waals surface area contributed by atoms with Crippen LogP contribution < -0.4 is 0 Å². The average molecular weight is 492 g/mol. The zero-order valence-electron chi connectivity index (χ0n) is 28.9. The number of H-pyrrole nitrogens is 1. The Hall–Kier alpha value is -5.08. The van der Waals surface area contributed by atoms with Crippen molar-refractivity contribution in [2.24, 2.45) is 0 Å². The van der Waals surface area contributed by atoms with Crippen LogP contribution in [0.2, 0.25) is 0 Å². The first-order valence-corrected chi connectivity index (χ1v) is 12.4. The molecule has 1 N–H and O–H groups in total. The summed E-state index contributed by atoms with van der Waals surface area (Å²) < 4.78 is 81.3. The Balaban J connectivity index is 1.55. The van der Waals surface area contributed by atoms with Crippen molar-refractivity contribution in [2.45, 2.75) is 0 Å². The van der Waals surface area contributed by atoms with Crippen LogP contribution in [0.5, 0.6) is 0 Å². The van der Waals surface area contributed by atoms with Gasteiger partial charge in [0.25, 0.3) is 0 Å². The van der Waals surface area contributed by atoms with Crippen molar-refractivity contribution in [3.63, 3.8) is 0 Å². The van der Waals surface area contributed by atoms with Crippen molar-refractivity contribution in [3.8, 4) is 5.69 Å². The van der Waals surface area contributed by atoms with Gasteiger partial charge in [-0.1, -0.05) is 90.8 Å². The van der Waals surface area contributed by atoms with E-state index in [1.165, 1.54) is 0 Å². The topological polar surface area (TPSA) is 20.7 Å². The molecule has 2 aromatic heterocycles. The standard InChI is InChI=1S/C36H22N2/c1-3-9-26-22(7-1)13-14-24-15-17-25(19-29(24)26)38-34-18-16-23-8-2-4-10-27(23)36(34)31-20-30-28-11-5-6-12-32(28)37-33(30)21-35(31)38/h1-21,37H/i1D,3D,7D,9D,13D,14D,15D,17D,19D. The molecule has 2 heteroatoms. The lowest BCUT2D eigenvalue weighted by Gasteiger charge is -2.11. The van der Waals surface area contributed by atoms with Gasteiger partial charge in [-0.05, 0) is 68.7 Å². The van der Waals surface area contributed by atoms with Gasteiger partial charge in [0.1, 0.15) is 0 Å². The van der Waals surface area contributed by atoms with Gasteiger partial charge >= 0.3 is 0 Å². The van der Waals surface area contributed by atoms with E-state index in [-0.39, 0.29) is 45.4 Å². The van der Waals surface area contributed by atoms with Crippen molar-refractivity contribution in [1.82, 2.24) is 9.55 Å². The predicted molar refractivity (Wildman–Crippen MR) is 163 cm³/mol. The lowest BCUT2D eigenvalue weighted by molar-refractivity contribution is 1.19. The number of aromatic amines is 1. The number of para-hydroxylation sites is 1. The maximum atomic E-state index is 9.63. The van der Waals surface area contributed by atoms with Crippen molar-refractivity contribution in [1.29, 1.82) is 0 Å². The van der Waals surface area contributed by atoms with Gasteiger partial charge in [0.05, 0.1) is 23.4 Å². The molecule has 176 valence electrons. The molecule has 0 saturated heterocycles. The van der Waals surface area contributed by atoms with Crippen LogP contribution in [0, 0.1) is 0 Å². The predicted octanol–water partition coefficient (Wildman–Crippen LogP) is 9.88. The molecule has 0 saturated carbocycles. The lowest BCUT2D eigenvalue weighted by atomic mass is 10.0. The molecular weight excluding hydrogens is 460 g/mol. The number of aromatic nitrogens is 2. The van der Waals surface area contributed by atoms with Crippen molar-refractivity contribution >= 4 is 75.9 Å². The van der Waals surface area contributed by atoms with Crippen LogP contribution in [0.25, 0.3) is 81.6 Å². The minimum absolute atomic E-state index is 0.0496. The molecule has 0 radical (unpaired) electrons. The summed E-state index contributed by atoms with van der Waals surface area (Å²) >= 11 is 0. The fourth-order valence-electron chi connectivity index (χ4n) is 5.88. The van der Waals surface area contributed by atoms with Gasteiger partial charge in [0.15, 0.2) is 0 Å². The highest BCUT2D eigenvalue weighted by molar-refractivity contribution is 6.25. The van der Waals surface area contributed by atoms with E-state index in [0.29, 0.717) is 11.0 Å². The quantitative estimate of drug-likeness (QED) is 0.221. The van der Waals surface area contributed by atoms with Crippen molar-refractivity contribution in [3.05, 3.63) is 127 Å². The normalized spacial score (nSPS) is 15.5. The largest absolute Gasteiger partial charge is 0.354 e. The molecule has 9 rings (SSSR count). The Morgan fingerprint density at radius 3 is 2.26 bits per heavy atom. The molecule has 0 aliphatic carbocycles. The Labute approximate surface area is 231 Å². The molecule has 0 fully saturated rings. The van der Waals surface area contributed by atoms with Gasteiger partial charge in [-0.3, -0.25) is 0 Å². The maximum absolute atomic E-state index is 9.63. The van der Waals surface area contributed by atoms with Crippen LogP contribution in [-0.4, -0.2) is 9.55 Å². The van der Waals surface area contributed by atoms with E-state index in [0.717, 1.165) is 43.4 Å². The fourth-order valence-corrected chi connectivity index (χ4v) is 5.88. The molecule has 0 bridgehead atoms. The summed E-state index contributed by atoms with van der Waals surface area (Å²) in [6, 6.07) is 20.1. The van der Waals surface area contributed by atoms with Gasteiger partial charge in [0, 0.05) is 38.3 Å². The van der Waals surface area contributed by atoms with Gasteiger partial charge in [-0.15, -0.1) is 0 Å². The second-order valence-electron chi connectivity index (χ2n) is 9.58. The first-order valence-electron chi connectivity index (χ1n) is 16.9. The Kier molecular flexibility index (Phi) is 2.56. The van der Waals surface area contributed by atoms with Crippen molar-refractivity contribution in [2.75, 3.05) is 0 Å². The minimum Gasteiger partial charge on any atom is -0.354 e. The zero-order chi connectivity index (χ0) is 32.6. The van der Waals surface area contributed by atoms with E-state index < -0.39 is 36.3 Å². The third kappa shape index (κ3) is 2.61. The van der Waals surface area contributed by atoms with Gasteiger partial charge in [-0.25, -0.2) is 0 Å². The monoisotopic (exact) mass is 491 g/mol. The van der Waals surface area contributed by atoms with E-state index in [2.05, 4.69) is 17.1 Å². The van der Waals surface area contributed by atoms with Crippen molar-refractivity contribution < 1.29 is 12.3 Å². The Bertz CT molecular complexity index is 2900. The number of benzene rings is 7. The van der Waals surface area contributed by atoms with Crippen LogP contribution in [-0.2, 0) is 0 Å². The fraction of sp³-hybridized carbons (Fsp3) is 0. The van der Waals surface area contributed by atoms with Gasteiger partial charge in [-0.2, -0.15) is 0 Å². The van der Waals surface area contributed by atoms with Crippen LogP contribution in [0.3, 0.4) is 0 Å². The van der Waals surface area contributed by atoms with E-state index in [9.17, 15) is 2.74 Å². The third-order valence-corrected chi connectivity index (χ3v) is 7.55. The second kappa shape index (κ2) is 7.24. The highest BCUT2D eigenvalue weighted by Crippen LogP contribution is 2.40. The maximum Gasteiger partial charge on any atom is 0.0652 e. The molecule has 9 aromatic rings. The number of rotatable bonds is 1. The molecule has 0 aliphatic heterocycles. The van der Waals surface area contributed by atoms with E-state index in [1.807, 2.05) is 60.7 Å². The third-order valence-electron chi connectivity index (χ3n) is 7.55. The number of hydrogen-bond donors (Lipinski definition) is 1. The summed E-state index contributed by atoms with van der Waals surface area (Å²) in [6.07, 6.45) is 0. The first-order chi connectivity index (χ1) is 22.6. The van der Waals surface area contributed by atoms with E-state index >= 15 is 0 Å². The Morgan fingerprint density at radius 2 is 1.32 bits per heavy atom. The summed E-state index contributed by atoms with van der Waals surface area (Å²) in [7, 11) is 0. The summed E-state index contributed by atoms with van der Waals surface area (Å²) in [5.74, 6) is 0. The van der Waals surface area contributed by atoms with Crippen LogP contribution >= 0.6 is 0 Å². The molecule has 0 aliphatic rings. The smallest absolute Gasteiger partial charge is 0.0652 e. The molecule has 2 nitrogen and oxygen atoms in total. The lowest BCUT2D eigenvalue weighted by Crippen LogP contribution is -1.94. The van der Waals surface area contributed by atoms with Crippen LogP contribution in [0.1, 0.15) is 12.3 Å².